The van der Waals surface area contributed by atoms with Gasteiger partial charge in [-0.2, -0.15) is 0 Å². The molecule has 5 rings (SSSR count). The van der Waals surface area contributed by atoms with Gasteiger partial charge in [-0.15, -0.1) is 0 Å². The van der Waals surface area contributed by atoms with Crippen molar-refractivity contribution in [2.24, 2.45) is 0 Å². The van der Waals surface area contributed by atoms with Crippen molar-refractivity contribution in [3.8, 4) is 0 Å². The van der Waals surface area contributed by atoms with Gasteiger partial charge in [0.1, 0.15) is 0 Å². The molecule has 3 N–H and O–H groups in total. The molecule has 3 aromatic carbocycles. The second-order valence-corrected chi connectivity index (χ2v) is 11.3. The van der Waals surface area contributed by atoms with E-state index in [1.165, 1.54) is 36.1 Å². The molecule has 3 aromatic rings. The molecule has 0 unspecified atom stereocenters. The van der Waals surface area contributed by atoms with E-state index in [0.29, 0.717) is 40.3 Å². The van der Waals surface area contributed by atoms with Gasteiger partial charge in [-0.3, -0.25) is 4.90 Å². The van der Waals surface area contributed by atoms with Gasteiger partial charge in [0.2, 0.25) is 0 Å². The number of ether oxygens (including phenoxy) is 2. The fraction of sp³-hybridized carbons (Fsp3) is 0.306. The highest BCUT2D eigenvalue weighted by molar-refractivity contribution is 6.00. The van der Waals surface area contributed by atoms with Crippen LogP contribution >= 0.6 is 0 Å². The lowest BCUT2D eigenvalue weighted by molar-refractivity contribution is -0.137. The summed E-state index contributed by atoms with van der Waals surface area (Å²) >= 11 is 0. The fourth-order valence-corrected chi connectivity index (χ4v) is 6.23. The largest absolute Gasteiger partial charge is 0.466 e. The molecule has 0 radical (unpaired) electrons. The summed E-state index contributed by atoms with van der Waals surface area (Å²) in [6.45, 7) is 6.80. The maximum atomic E-state index is 12.8. The number of rotatable bonds is 9. The lowest BCUT2D eigenvalue weighted by Crippen LogP contribution is -2.34. The number of nitrogens with one attached hydrogen (secondary N) is 3. The zero-order chi connectivity index (χ0) is 31.9. The van der Waals surface area contributed by atoms with Gasteiger partial charge in [0.25, 0.3) is 0 Å². The third-order valence-corrected chi connectivity index (χ3v) is 8.41. The van der Waals surface area contributed by atoms with Crippen molar-refractivity contribution in [2.45, 2.75) is 32.6 Å². The summed E-state index contributed by atoms with van der Waals surface area (Å²) in [5.41, 5.74) is 5.67. The van der Waals surface area contributed by atoms with Gasteiger partial charge < -0.3 is 25.4 Å². The first-order chi connectivity index (χ1) is 21.8. The Morgan fingerprint density at radius 3 is 2.29 bits per heavy atom. The van der Waals surface area contributed by atoms with E-state index in [0.717, 1.165) is 32.5 Å². The van der Waals surface area contributed by atoms with Crippen LogP contribution in [0.3, 0.4) is 0 Å². The van der Waals surface area contributed by atoms with E-state index < -0.39 is 17.9 Å². The molecule has 2 heterocycles. The van der Waals surface area contributed by atoms with Crippen LogP contribution in [-0.2, 0) is 19.1 Å². The summed E-state index contributed by atoms with van der Waals surface area (Å²) in [5, 5.41) is 11.5. The summed E-state index contributed by atoms with van der Waals surface area (Å²) < 4.78 is 10.1. The predicted molar refractivity (Wildman–Crippen MR) is 176 cm³/mol. The highest BCUT2D eigenvalue weighted by Gasteiger charge is 2.37. The maximum Gasteiger partial charge on any atom is 0.336 e. The molecule has 0 bridgehead atoms. The van der Waals surface area contributed by atoms with Gasteiger partial charge in [0.15, 0.2) is 0 Å². The maximum absolute atomic E-state index is 12.8. The number of anilines is 1. The van der Waals surface area contributed by atoms with Gasteiger partial charge >= 0.3 is 18.0 Å². The summed E-state index contributed by atoms with van der Waals surface area (Å²) in [6, 6.07) is 21.8. The zero-order valence-corrected chi connectivity index (χ0v) is 26.2. The number of benzene rings is 3. The number of allylic oxidation sites excluding steroid dienone is 2. The molecule has 234 valence electrons. The summed E-state index contributed by atoms with van der Waals surface area (Å²) in [6.07, 6.45) is 4.14. The number of amides is 2. The molecule has 0 spiro atoms. The summed E-state index contributed by atoms with van der Waals surface area (Å²) in [4.78, 5) is 40.8. The Morgan fingerprint density at radius 1 is 0.911 bits per heavy atom. The summed E-state index contributed by atoms with van der Waals surface area (Å²) in [7, 11) is 2.60. The second-order valence-electron chi connectivity index (χ2n) is 11.3. The topological polar surface area (TPSA) is 109 Å². The average molecular weight is 609 g/mol. The van der Waals surface area contributed by atoms with E-state index in [1.807, 2.05) is 6.07 Å². The van der Waals surface area contributed by atoms with E-state index in [4.69, 9.17) is 9.47 Å². The molecule has 45 heavy (non-hydrogen) atoms. The Balaban J connectivity index is 1.17. The SMILES string of the molecule is COC(=O)C1=C(C)NC(C)=C(C(=O)OC)C1c1cccc(NC(=O)NCCCN2CC=C(c3cccc4ccccc34)CC2)c1. The number of dihydropyridines is 1. The highest BCUT2D eigenvalue weighted by Crippen LogP contribution is 2.39. The first-order valence-electron chi connectivity index (χ1n) is 15.2. The van der Waals surface area contributed by atoms with Crippen LogP contribution in [0.4, 0.5) is 10.5 Å². The second kappa shape index (κ2) is 14.3. The van der Waals surface area contributed by atoms with Crippen LogP contribution in [0, 0.1) is 0 Å². The van der Waals surface area contributed by atoms with Crippen LogP contribution in [0.5, 0.6) is 0 Å². The molecule has 0 aliphatic carbocycles. The Morgan fingerprint density at radius 2 is 1.60 bits per heavy atom. The molecule has 0 saturated heterocycles. The van der Waals surface area contributed by atoms with Crippen LogP contribution in [-0.4, -0.2) is 63.3 Å². The number of carbonyl (C=O) groups excluding carboxylic acids is 3. The smallest absolute Gasteiger partial charge is 0.336 e. The lowest BCUT2D eigenvalue weighted by Gasteiger charge is -2.30. The van der Waals surface area contributed by atoms with Crippen LogP contribution in [0.2, 0.25) is 0 Å². The lowest BCUT2D eigenvalue weighted by atomic mass is 9.80. The first kappa shape index (κ1) is 31.5. The van der Waals surface area contributed by atoms with Crippen LogP contribution in [0.15, 0.2) is 95.3 Å². The van der Waals surface area contributed by atoms with E-state index >= 15 is 0 Å². The normalized spacial score (nSPS) is 15.8. The van der Waals surface area contributed by atoms with Gasteiger partial charge in [0, 0.05) is 43.3 Å². The summed E-state index contributed by atoms with van der Waals surface area (Å²) in [5.74, 6) is -1.83. The average Bonchev–Trinajstić information content (AvgIpc) is 3.06. The number of hydrogen-bond donors (Lipinski definition) is 3. The fourth-order valence-electron chi connectivity index (χ4n) is 6.23. The molecule has 0 aromatic heterocycles. The molecule has 0 fully saturated rings. The van der Waals surface area contributed by atoms with Crippen molar-refractivity contribution < 1.29 is 23.9 Å². The van der Waals surface area contributed by atoms with Crippen molar-refractivity contribution in [3.63, 3.8) is 0 Å². The van der Waals surface area contributed by atoms with E-state index in [1.54, 1.807) is 32.0 Å². The minimum absolute atomic E-state index is 0.307. The number of carbonyl (C=O) groups is 3. The minimum atomic E-state index is -0.726. The van der Waals surface area contributed by atoms with Gasteiger partial charge in [-0.1, -0.05) is 60.7 Å². The first-order valence-corrected chi connectivity index (χ1v) is 15.2. The van der Waals surface area contributed by atoms with Crippen LogP contribution in [0.1, 0.15) is 43.7 Å². The van der Waals surface area contributed by atoms with E-state index in [-0.39, 0.29) is 6.03 Å². The molecule has 0 saturated carbocycles. The number of hydrogen-bond acceptors (Lipinski definition) is 7. The number of nitrogens with zero attached hydrogens (tertiary/aromatic N) is 1. The van der Waals surface area contributed by atoms with Crippen LogP contribution in [0.25, 0.3) is 16.3 Å². The van der Waals surface area contributed by atoms with Gasteiger partial charge in [-0.05, 0) is 66.3 Å². The van der Waals surface area contributed by atoms with Gasteiger partial charge in [0.05, 0.1) is 31.3 Å². The molecule has 9 heteroatoms. The number of fused-ring (bicyclic) bond motifs is 1. The van der Waals surface area contributed by atoms with Crippen LogP contribution < -0.4 is 16.0 Å². The van der Waals surface area contributed by atoms with Crippen molar-refractivity contribution >= 4 is 40.0 Å². The highest BCUT2D eigenvalue weighted by atomic mass is 16.5. The third kappa shape index (κ3) is 7.10. The van der Waals surface area contributed by atoms with Crippen molar-refractivity contribution in [2.75, 3.05) is 45.7 Å². The molecule has 0 atom stereocenters. The zero-order valence-electron chi connectivity index (χ0n) is 26.2. The van der Waals surface area contributed by atoms with E-state index in [9.17, 15) is 14.4 Å². The molecular formula is C36H40N4O5. The van der Waals surface area contributed by atoms with Gasteiger partial charge in [-0.25, -0.2) is 14.4 Å². The number of urea groups is 1. The van der Waals surface area contributed by atoms with E-state index in [2.05, 4.69) is 69.4 Å². The third-order valence-electron chi connectivity index (χ3n) is 8.41. The Hall–Kier alpha value is -4.89. The standard InChI is InChI=1S/C36H40N4O5/c1-23-31(34(41)44-3)33(32(24(2)38-23)35(42)45-4)27-12-7-13-28(22-27)39-36(43)37-18-9-19-40-20-16-26(17-21-40)30-15-8-11-25-10-5-6-14-29(25)30/h5-8,10-16,22,33,38H,9,17-21H2,1-4H3,(H2,37,39,43). The van der Waals surface area contributed by atoms with Crippen molar-refractivity contribution in [1.29, 1.82) is 0 Å². The molecule has 9 nitrogen and oxygen atoms in total. The Bertz CT molecular complexity index is 1660. The minimum Gasteiger partial charge on any atom is -0.466 e. The van der Waals surface area contributed by atoms with Crippen molar-refractivity contribution in [3.05, 3.63) is 106 Å². The molecule has 2 aliphatic heterocycles. The Kier molecular flexibility index (Phi) is 9.99. The molecule has 2 aliphatic rings. The molecule has 2 amide bonds. The number of methoxy groups -OCH3 is 2. The van der Waals surface area contributed by atoms with Crippen molar-refractivity contribution in [1.82, 2.24) is 15.5 Å². The Labute approximate surface area is 264 Å². The monoisotopic (exact) mass is 608 g/mol. The predicted octanol–water partition coefficient (Wildman–Crippen LogP) is 5.72. The molecular weight excluding hydrogens is 568 g/mol. The number of esters is 2. The quantitative estimate of drug-likeness (QED) is 0.211.